The van der Waals surface area contributed by atoms with Gasteiger partial charge in [-0.3, -0.25) is 0 Å². The maximum atomic E-state index is 10.8. The summed E-state index contributed by atoms with van der Waals surface area (Å²) in [6.45, 7) is 0. The topological polar surface area (TPSA) is 175 Å². The number of nitrogens with zero attached hydrogens (tertiary/aromatic N) is 2. The summed E-state index contributed by atoms with van der Waals surface area (Å²) in [5.74, 6) is -8.53. The average Bonchev–Trinajstić information content (AvgIpc) is 2.26. The second kappa shape index (κ2) is 4.45. The van der Waals surface area contributed by atoms with Crippen molar-refractivity contribution in [3.63, 3.8) is 0 Å². The van der Waals surface area contributed by atoms with Gasteiger partial charge in [0.2, 0.25) is 5.82 Å². The Kier molecular flexibility index (Phi) is 3.22. The number of hydrogen-bond donors (Lipinski definition) is 4. The highest BCUT2D eigenvalue weighted by molar-refractivity contribution is 6.07. The predicted molar refractivity (Wildman–Crippen MR) is 49.9 cm³/mol. The third-order valence-electron chi connectivity index (χ3n) is 1.72. The van der Waals surface area contributed by atoms with Crippen LogP contribution in [0.5, 0.6) is 0 Å². The number of hydrogen-bond acceptors (Lipinski definition) is 6. The summed E-state index contributed by atoms with van der Waals surface area (Å²) in [5, 5.41) is 34.7. The molecule has 0 amide bonds. The van der Waals surface area contributed by atoms with E-state index >= 15 is 0 Å². The fraction of sp³-hybridized carbons (Fsp3) is 0. The Morgan fingerprint density at radius 1 is 0.667 bits per heavy atom. The van der Waals surface area contributed by atoms with E-state index in [1.165, 1.54) is 0 Å². The number of rotatable bonds is 4. The molecule has 1 aromatic rings. The lowest BCUT2D eigenvalue weighted by Crippen LogP contribution is -2.22. The zero-order valence-corrected chi connectivity index (χ0v) is 8.32. The minimum Gasteiger partial charge on any atom is -0.478 e. The molecule has 0 aliphatic rings. The van der Waals surface area contributed by atoms with E-state index in [4.69, 9.17) is 20.4 Å². The molecule has 0 aliphatic heterocycles. The zero-order valence-electron chi connectivity index (χ0n) is 8.32. The van der Waals surface area contributed by atoms with Crippen molar-refractivity contribution in [1.82, 2.24) is 9.97 Å². The van der Waals surface area contributed by atoms with Gasteiger partial charge in [-0.1, -0.05) is 0 Å². The van der Waals surface area contributed by atoms with Gasteiger partial charge in [0.25, 0.3) is 0 Å². The molecule has 0 aliphatic carbocycles. The van der Waals surface area contributed by atoms with Crippen LogP contribution in [-0.2, 0) is 0 Å². The number of carboxylic acid groups (broad SMARTS) is 4. The van der Waals surface area contributed by atoms with Crippen molar-refractivity contribution >= 4 is 23.9 Å². The van der Waals surface area contributed by atoms with Crippen LogP contribution in [0, 0.1) is 0 Å². The molecule has 10 heteroatoms. The Bertz CT molecular complexity index is 543. The van der Waals surface area contributed by atoms with Crippen LogP contribution < -0.4 is 0 Å². The maximum Gasteiger partial charge on any atom is 0.373 e. The standard InChI is InChI=1S/C8H4N2O8/c11-5(12)1-2(6(13)14)9-4(8(17)18)10-3(1)7(15)16/h(H,11,12)(H,13,14)(H,15,16)(H,17,18). The van der Waals surface area contributed by atoms with Crippen molar-refractivity contribution in [2.45, 2.75) is 0 Å². The minimum atomic E-state index is -1.89. The Morgan fingerprint density at radius 3 is 1.28 bits per heavy atom. The summed E-state index contributed by atoms with van der Waals surface area (Å²) in [5.41, 5.74) is -3.58. The van der Waals surface area contributed by atoms with Crippen molar-refractivity contribution in [3.8, 4) is 0 Å². The highest BCUT2D eigenvalue weighted by atomic mass is 16.4. The van der Waals surface area contributed by atoms with Crippen LogP contribution >= 0.6 is 0 Å². The fourth-order valence-corrected chi connectivity index (χ4v) is 1.07. The van der Waals surface area contributed by atoms with Crippen LogP contribution in [-0.4, -0.2) is 54.3 Å². The molecule has 0 aromatic carbocycles. The predicted octanol–water partition coefficient (Wildman–Crippen LogP) is -0.731. The molecule has 0 saturated carbocycles. The molecule has 1 rings (SSSR count). The molecule has 0 saturated heterocycles. The summed E-state index contributed by atoms with van der Waals surface area (Å²) in [6.07, 6.45) is 0. The molecule has 1 heterocycles. The van der Waals surface area contributed by atoms with Gasteiger partial charge >= 0.3 is 23.9 Å². The van der Waals surface area contributed by atoms with Gasteiger partial charge in [-0.15, -0.1) is 0 Å². The highest BCUT2D eigenvalue weighted by Crippen LogP contribution is 2.12. The van der Waals surface area contributed by atoms with E-state index < -0.39 is 46.7 Å². The van der Waals surface area contributed by atoms with E-state index in [1.807, 2.05) is 0 Å². The average molecular weight is 256 g/mol. The van der Waals surface area contributed by atoms with E-state index in [0.29, 0.717) is 0 Å². The zero-order chi connectivity index (χ0) is 14.0. The van der Waals surface area contributed by atoms with Gasteiger partial charge in [0, 0.05) is 0 Å². The Labute approximate surface area is 97.2 Å². The minimum absolute atomic E-state index is 1.12. The Morgan fingerprint density at radius 2 is 1.06 bits per heavy atom. The second-order valence-electron chi connectivity index (χ2n) is 2.84. The number of carbonyl (C=O) groups is 4. The number of aromatic carboxylic acids is 4. The second-order valence-corrected chi connectivity index (χ2v) is 2.84. The summed E-state index contributed by atoms with van der Waals surface area (Å²) in [4.78, 5) is 48.8. The summed E-state index contributed by atoms with van der Waals surface area (Å²) >= 11 is 0. The molecule has 0 unspecified atom stereocenters. The fourth-order valence-electron chi connectivity index (χ4n) is 1.07. The van der Waals surface area contributed by atoms with E-state index in [0.717, 1.165) is 0 Å². The van der Waals surface area contributed by atoms with Crippen LogP contribution in [0.25, 0.3) is 0 Å². The van der Waals surface area contributed by atoms with Gasteiger partial charge in [0.15, 0.2) is 11.4 Å². The molecule has 94 valence electrons. The van der Waals surface area contributed by atoms with E-state index in [-0.39, 0.29) is 0 Å². The SMILES string of the molecule is O=C(O)c1nc(C(=O)O)c(C(=O)O)c(C(=O)O)n1. The van der Waals surface area contributed by atoms with Crippen LogP contribution in [0.15, 0.2) is 0 Å². The molecule has 1 aromatic heterocycles. The molecule has 4 N–H and O–H groups in total. The number of carboxylic acids is 4. The molecule has 0 fully saturated rings. The Hall–Kier alpha value is -3.04. The monoisotopic (exact) mass is 256 g/mol. The first-order chi connectivity index (χ1) is 8.25. The van der Waals surface area contributed by atoms with E-state index in [9.17, 15) is 19.2 Å². The first kappa shape index (κ1) is 13.0. The van der Waals surface area contributed by atoms with Gasteiger partial charge in [-0.2, -0.15) is 0 Å². The molecule has 0 bridgehead atoms. The van der Waals surface area contributed by atoms with Crippen molar-refractivity contribution in [3.05, 3.63) is 22.8 Å². The lowest BCUT2D eigenvalue weighted by molar-refractivity contribution is 0.0619. The number of aromatic nitrogens is 2. The van der Waals surface area contributed by atoms with E-state index in [2.05, 4.69) is 9.97 Å². The normalized spacial score (nSPS) is 9.78. The van der Waals surface area contributed by atoms with Crippen molar-refractivity contribution in [2.75, 3.05) is 0 Å². The largest absolute Gasteiger partial charge is 0.478 e. The van der Waals surface area contributed by atoms with Crippen LogP contribution in [0.2, 0.25) is 0 Å². The van der Waals surface area contributed by atoms with E-state index in [1.54, 1.807) is 0 Å². The molecular weight excluding hydrogens is 252 g/mol. The van der Waals surface area contributed by atoms with Crippen molar-refractivity contribution in [2.24, 2.45) is 0 Å². The van der Waals surface area contributed by atoms with Gasteiger partial charge in [-0.05, 0) is 0 Å². The molecular formula is C8H4N2O8. The van der Waals surface area contributed by atoms with Gasteiger partial charge in [0.05, 0.1) is 0 Å². The molecule has 10 nitrogen and oxygen atoms in total. The first-order valence-electron chi connectivity index (χ1n) is 4.11. The summed E-state index contributed by atoms with van der Waals surface area (Å²) in [7, 11) is 0. The molecule has 0 atom stereocenters. The molecule has 0 spiro atoms. The van der Waals surface area contributed by atoms with Crippen LogP contribution in [0.3, 0.4) is 0 Å². The smallest absolute Gasteiger partial charge is 0.373 e. The van der Waals surface area contributed by atoms with Gasteiger partial charge < -0.3 is 20.4 Å². The van der Waals surface area contributed by atoms with Crippen LogP contribution in [0.1, 0.15) is 42.0 Å². The first-order valence-corrected chi connectivity index (χ1v) is 4.11. The van der Waals surface area contributed by atoms with Gasteiger partial charge in [0.1, 0.15) is 5.56 Å². The Balaban J connectivity index is 3.76. The summed E-state index contributed by atoms with van der Waals surface area (Å²) < 4.78 is 0. The van der Waals surface area contributed by atoms with Crippen molar-refractivity contribution in [1.29, 1.82) is 0 Å². The third kappa shape index (κ3) is 2.21. The summed E-state index contributed by atoms with van der Waals surface area (Å²) in [6, 6.07) is 0. The third-order valence-corrected chi connectivity index (χ3v) is 1.72. The maximum absolute atomic E-state index is 10.8. The van der Waals surface area contributed by atoms with Gasteiger partial charge in [-0.25, -0.2) is 29.1 Å². The van der Waals surface area contributed by atoms with Crippen molar-refractivity contribution < 1.29 is 39.6 Å². The molecule has 0 radical (unpaired) electrons. The lowest BCUT2D eigenvalue weighted by Gasteiger charge is -2.05. The van der Waals surface area contributed by atoms with Crippen LogP contribution in [0.4, 0.5) is 0 Å². The lowest BCUT2D eigenvalue weighted by atomic mass is 10.1. The molecule has 18 heavy (non-hydrogen) atoms. The quantitative estimate of drug-likeness (QED) is 0.537. The highest BCUT2D eigenvalue weighted by Gasteiger charge is 2.29.